The zero-order chi connectivity index (χ0) is 25.1. The van der Waals surface area contributed by atoms with E-state index in [1.165, 1.54) is 11.1 Å². The highest BCUT2D eigenvalue weighted by Gasteiger charge is 2.21. The molecule has 2 aromatic heterocycles. The number of carbonyl (C=O) groups excluding carboxylic acids is 1. The summed E-state index contributed by atoms with van der Waals surface area (Å²) in [5.41, 5.74) is 2.72. The van der Waals surface area contributed by atoms with Crippen molar-refractivity contribution in [1.29, 1.82) is 0 Å². The van der Waals surface area contributed by atoms with Gasteiger partial charge in [-0.3, -0.25) is 9.59 Å². The van der Waals surface area contributed by atoms with Crippen molar-refractivity contribution in [2.45, 2.75) is 53.6 Å². The van der Waals surface area contributed by atoms with Crippen molar-refractivity contribution >= 4 is 28.3 Å². The van der Waals surface area contributed by atoms with Crippen molar-refractivity contribution in [3.8, 4) is 0 Å². The molecule has 35 heavy (non-hydrogen) atoms. The number of nitrogens with zero attached hydrogens (tertiary/aromatic N) is 4. The summed E-state index contributed by atoms with van der Waals surface area (Å²) >= 11 is 6.01. The highest BCUT2D eigenvalue weighted by Crippen LogP contribution is 2.24. The van der Waals surface area contributed by atoms with Gasteiger partial charge in [0.25, 0.3) is 5.56 Å². The van der Waals surface area contributed by atoms with Crippen LogP contribution in [0.3, 0.4) is 0 Å². The number of hydrogen-bond acceptors (Lipinski definition) is 4. The normalized spacial score (nSPS) is 18.8. The predicted molar refractivity (Wildman–Crippen MR) is 141 cm³/mol. The average molecular weight is 498 g/mol. The van der Waals surface area contributed by atoms with Gasteiger partial charge in [0, 0.05) is 48.0 Å². The summed E-state index contributed by atoms with van der Waals surface area (Å²) < 4.78 is 3.38. The zero-order valence-corrected chi connectivity index (χ0v) is 21.9. The fourth-order valence-corrected chi connectivity index (χ4v) is 5.59. The average Bonchev–Trinajstić information content (AvgIpc) is 3.04. The number of carbonyl (C=O) groups is 1. The van der Waals surface area contributed by atoms with E-state index in [0.717, 1.165) is 60.2 Å². The van der Waals surface area contributed by atoms with E-state index >= 15 is 0 Å². The predicted octanol–water partition coefficient (Wildman–Crippen LogP) is 4.00. The van der Waals surface area contributed by atoms with Crippen molar-refractivity contribution in [2.75, 3.05) is 26.2 Å². The summed E-state index contributed by atoms with van der Waals surface area (Å²) in [7, 11) is 0. The molecule has 7 nitrogen and oxygen atoms in total. The first kappa shape index (κ1) is 25.5. The summed E-state index contributed by atoms with van der Waals surface area (Å²) in [6.45, 7) is 13.0. The van der Waals surface area contributed by atoms with Gasteiger partial charge in [-0.2, -0.15) is 5.10 Å². The molecule has 1 amide bonds. The molecule has 0 unspecified atom stereocenters. The Morgan fingerprint density at radius 2 is 1.80 bits per heavy atom. The Bertz CT molecular complexity index is 1240. The molecule has 188 valence electrons. The quantitative estimate of drug-likeness (QED) is 0.477. The lowest BCUT2D eigenvalue weighted by Crippen LogP contribution is -2.40. The van der Waals surface area contributed by atoms with E-state index in [1.54, 1.807) is 6.20 Å². The van der Waals surface area contributed by atoms with E-state index in [0.29, 0.717) is 23.5 Å². The third kappa shape index (κ3) is 5.96. The Balaban J connectivity index is 1.39. The molecular formula is C27H36ClN5O2. The Kier molecular flexibility index (Phi) is 7.97. The van der Waals surface area contributed by atoms with E-state index in [1.807, 2.05) is 38.1 Å². The Morgan fingerprint density at radius 3 is 2.49 bits per heavy atom. The second-order valence-corrected chi connectivity index (χ2v) is 10.6. The van der Waals surface area contributed by atoms with Gasteiger partial charge in [0.2, 0.25) is 5.91 Å². The number of rotatable bonds is 8. The van der Waals surface area contributed by atoms with Crippen molar-refractivity contribution in [3.05, 3.63) is 62.8 Å². The van der Waals surface area contributed by atoms with E-state index in [-0.39, 0.29) is 18.0 Å². The Hall–Kier alpha value is -2.64. The highest BCUT2D eigenvalue weighted by atomic mass is 35.5. The maximum atomic E-state index is 13.2. The molecule has 1 aliphatic heterocycles. The number of aromatic nitrogens is 3. The molecular weight excluding hydrogens is 462 g/mol. The van der Waals surface area contributed by atoms with Crippen LogP contribution in [0, 0.1) is 25.7 Å². The number of piperidine rings is 1. The van der Waals surface area contributed by atoms with Gasteiger partial charge in [0.15, 0.2) is 0 Å². The van der Waals surface area contributed by atoms with Crippen molar-refractivity contribution in [1.82, 2.24) is 24.6 Å². The maximum Gasteiger partial charge on any atom is 0.276 e. The third-order valence-electron chi connectivity index (χ3n) is 7.07. The molecule has 0 aliphatic carbocycles. The molecule has 0 saturated carbocycles. The first-order chi connectivity index (χ1) is 16.7. The van der Waals surface area contributed by atoms with Crippen LogP contribution in [0.2, 0.25) is 5.02 Å². The van der Waals surface area contributed by atoms with Crippen molar-refractivity contribution < 1.29 is 4.79 Å². The van der Waals surface area contributed by atoms with Gasteiger partial charge in [0.1, 0.15) is 6.54 Å². The van der Waals surface area contributed by atoms with Gasteiger partial charge in [-0.05, 0) is 62.8 Å². The van der Waals surface area contributed by atoms with Crippen LogP contribution in [0.15, 0.2) is 35.3 Å². The zero-order valence-electron chi connectivity index (χ0n) is 21.2. The van der Waals surface area contributed by atoms with Gasteiger partial charge in [0.05, 0.1) is 11.6 Å². The van der Waals surface area contributed by atoms with E-state index in [9.17, 15) is 9.59 Å². The lowest BCUT2D eigenvalue weighted by atomic mass is 9.92. The smallest absolute Gasteiger partial charge is 0.276 e. The molecule has 2 atom stereocenters. The van der Waals surface area contributed by atoms with E-state index < -0.39 is 0 Å². The number of aryl methyl sites for hydroxylation is 2. The lowest BCUT2D eigenvalue weighted by molar-refractivity contribution is -0.121. The van der Waals surface area contributed by atoms with Gasteiger partial charge < -0.3 is 14.8 Å². The van der Waals surface area contributed by atoms with Crippen LogP contribution in [0.1, 0.15) is 43.6 Å². The van der Waals surface area contributed by atoms with E-state index in [4.69, 9.17) is 11.6 Å². The molecule has 1 saturated heterocycles. The first-order valence-electron chi connectivity index (χ1n) is 12.5. The number of fused-ring (bicyclic) bond motifs is 1. The third-order valence-corrected chi connectivity index (χ3v) is 7.32. The van der Waals surface area contributed by atoms with E-state index in [2.05, 4.69) is 33.7 Å². The van der Waals surface area contributed by atoms with Gasteiger partial charge >= 0.3 is 0 Å². The molecule has 8 heteroatoms. The minimum Gasteiger partial charge on any atom is -0.354 e. The first-order valence-corrected chi connectivity index (χ1v) is 12.9. The van der Waals surface area contributed by atoms with Gasteiger partial charge in [-0.15, -0.1) is 0 Å². The van der Waals surface area contributed by atoms with Crippen LogP contribution in [0.5, 0.6) is 0 Å². The van der Waals surface area contributed by atoms with Crippen LogP contribution in [-0.2, 0) is 17.9 Å². The molecule has 1 aromatic carbocycles. The minimum absolute atomic E-state index is 0.0760. The largest absolute Gasteiger partial charge is 0.354 e. The molecule has 3 aromatic rings. The molecule has 4 rings (SSSR count). The minimum atomic E-state index is -0.232. The molecule has 0 spiro atoms. The summed E-state index contributed by atoms with van der Waals surface area (Å²) in [5.74, 6) is 1.28. The van der Waals surface area contributed by atoms with Gasteiger partial charge in [-0.1, -0.05) is 37.6 Å². The molecule has 0 bridgehead atoms. The fourth-order valence-electron chi connectivity index (χ4n) is 5.46. The highest BCUT2D eigenvalue weighted by molar-refractivity contribution is 6.30. The van der Waals surface area contributed by atoms with Crippen LogP contribution in [0.25, 0.3) is 10.8 Å². The number of nitrogens with one attached hydrogen (secondary N) is 1. The number of hydrogen-bond donors (Lipinski definition) is 1. The summed E-state index contributed by atoms with van der Waals surface area (Å²) in [4.78, 5) is 28.3. The standard InChI is InChI=1S/C27H36ClN5O2/c1-18-12-19(2)15-31(14-18)11-5-10-29-25(34)17-33-27(35)26-21(4)32(20(3)24(26)13-30-33)16-22-6-8-23(28)9-7-22/h6-9,13,18-19H,5,10-12,14-17H2,1-4H3,(H,29,34)/t18-,19+. The molecule has 1 N–H and O–H groups in total. The van der Waals surface area contributed by atoms with Crippen LogP contribution in [0.4, 0.5) is 0 Å². The van der Waals surface area contributed by atoms with Crippen LogP contribution >= 0.6 is 11.6 Å². The number of benzene rings is 1. The second-order valence-electron chi connectivity index (χ2n) is 10.2. The summed E-state index contributed by atoms with van der Waals surface area (Å²) in [6, 6.07) is 7.70. The SMILES string of the molecule is Cc1c2cnn(CC(=O)NCCCN3C[C@H](C)C[C@H](C)C3)c(=O)c2c(C)n1Cc1ccc(Cl)cc1. The molecule has 3 heterocycles. The topological polar surface area (TPSA) is 72.2 Å². The Morgan fingerprint density at radius 1 is 1.11 bits per heavy atom. The van der Waals surface area contributed by atoms with Gasteiger partial charge in [-0.25, -0.2) is 4.68 Å². The monoisotopic (exact) mass is 497 g/mol. The summed E-state index contributed by atoms with van der Waals surface area (Å²) in [5, 5.41) is 9.39. The van der Waals surface area contributed by atoms with Crippen LogP contribution < -0.4 is 10.9 Å². The number of likely N-dealkylation sites (tertiary alicyclic amines) is 1. The number of amides is 1. The fraction of sp³-hybridized carbons (Fsp3) is 0.519. The Labute approximate surface area is 212 Å². The van der Waals surface area contributed by atoms with Crippen molar-refractivity contribution in [2.24, 2.45) is 11.8 Å². The summed E-state index contributed by atoms with van der Waals surface area (Å²) in [6.07, 6.45) is 3.89. The van der Waals surface area contributed by atoms with Crippen LogP contribution in [-0.4, -0.2) is 51.3 Å². The second kappa shape index (κ2) is 11.0. The van der Waals surface area contributed by atoms with Crippen molar-refractivity contribution in [3.63, 3.8) is 0 Å². The molecule has 1 fully saturated rings. The molecule has 0 radical (unpaired) electrons. The lowest BCUT2D eigenvalue weighted by Gasteiger charge is -2.34. The molecule has 1 aliphatic rings. The number of halogens is 1. The maximum absolute atomic E-state index is 13.2.